The molecule has 2 aliphatic carbocycles. The fourth-order valence-electron chi connectivity index (χ4n) is 3.81. The molecule has 2 heteroatoms. The molecule has 0 spiro atoms. The second-order valence-corrected chi connectivity index (χ2v) is 7.07. The number of aryl methyl sites for hydroxylation is 1. The Hall–Kier alpha value is -1.02. The lowest BCUT2D eigenvalue weighted by atomic mass is 9.99. The molecule has 108 valence electrons. The lowest BCUT2D eigenvalue weighted by Gasteiger charge is -2.28. The van der Waals surface area contributed by atoms with Crippen molar-refractivity contribution in [3.05, 3.63) is 29.3 Å². The number of nitrogens with zero attached hydrogens (tertiary/aromatic N) is 1. The van der Waals surface area contributed by atoms with Gasteiger partial charge in [0.1, 0.15) is 0 Å². The monoisotopic (exact) mass is 270 g/mol. The summed E-state index contributed by atoms with van der Waals surface area (Å²) in [5, 5.41) is 3.86. The Morgan fingerprint density at radius 2 is 1.95 bits per heavy atom. The largest absolute Gasteiger partial charge is 0.374 e. The number of fused-ring (bicyclic) bond motifs is 1. The number of hydrogen-bond acceptors (Lipinski definition) is 2. The Labute approximate surface area is 122 Å². The highest BCUT2D eigenvalue weighted by Gasteiger charge is 2.40. The van der Waals surface area contributed by atoms with Gasteiger partial charge in [-0.15, -0.1) is 0 Å². The van der Waals surface area contributed by atoms with Crippen molar-refractivity contribution in [2.45, 2.75) is 51.1 Å². The second kappa shape index (κ2) is 5.07. The van der Waals surface area contributed by atoms with Crippen LogP contribution in [0.25, 0.3) is 0 Å². The molecule has 1 aromatic carbocycles. The molecule has 2 nitrogen and oxygen atoms in total. The van der Waals surface area contributed by atoms with Gasteiger partial charge in [0.05, 0.1) is 0 Å². The third-order valence-electron chi connectivity index (χ3n) is 5.30. The van der Waals surface area contributed by atoms with Gasteiger partial charge < -0.3 is 10.2 Å². The molecule has 1 heterocycles. The summed E-state index contributed by atoms with van der Waals surface area (Å²) < 4.78 is 0. The molecule has 0 atom stereocenters. The summed E-state index contributed by atoms with van der Waals surface area (Å²) in [5.74, 6) is 1.98. The molecule has 2 saturated carbocycles. The Bertz CT molecular complexity index is 476. The normalized spacial score (nSPS) is 22.2. The molecule has 0 amide bonds. The van der Waals surface area contributed by atoms with Crippen molar-refractivity contribution in [1.29, 1.82) is 0 Å². The van der Waals surface area contributed by atoms with E-state index in [1.807, 2.05) is 0 Å². The first-order valence-corrected chi connectivity index (χ1v) is 8.37. The number of anilines is 1. The minimum absolute atomic E-state index is 0.814. The van der Waals surface area contributed by atoms with Gasteiger partial charge in [0, 0.05) is 31.9 Å². The SMILES string of the molecule is CN1CCCc2cc(CNC(C3CC3)C3CC3)ccc21. The van der Waals surface area contributed by atoms with Crippen molar-refractivity contribution in [2.24, 2.45) is 11.8 Å². The van der Waals surface area contributed by atoms with E-state index in [1.165, 1.54) is 56.3 Å². The summed E-state index contributed by atoms with van der Waals surface area (Å²) in [6.07, 6.45) is 8.40. The zero-order chi connectivity index (χ0) is 13.5. The van der Waals surface area contributed by atoms with E-state index >= 15 is 0 Å². The lowest BCUT2D eigenvalue weighted by molar-refractivity contribution is 0.415. The average Bonchev–Trinajstić information content (AvgIpc) is 3.33. The van der Waals surface area contributed by atoms with Crippen LogP contribution in [0.4, 0.5) is 5.69 Å². The van der Waals surface area contributed by atoms with Crippen LogP contribution in [0.15, 0.2) is 18.2 Å². The summed E-state index contributed by atoms with van der Waals surface area (Å²) in [6.45, 7) is 2.27. The van der Waals surface area contributed by atoms with Crippen LogP contribution in [0, 0.1) is 11.8 Å². The molecule has 1 aromatic rings. The van der Waals surface area contributed by atoms with Crippen LogP contribution in [0.5, 0.6) is 0 Å². The van der Waals surface area contributed by atoms with E-state index in [0.29, 0.717) is 0 Å². The van der Waals surface area contributed by atoms with Crippen LogP contribution in [-0.2, 0) is 13.0 Å². The van der Waals surface area contributed by atoms with Crippen LogP contribution >= 0.6 is 0 Å². The number of hydrogen-bond donors (Lipinski definition) is 1. The number of benzene rings is 1. The van der Waals surface area contributed by atoms with Crippen LogP contribution in [0.1, 0.15) is 43.2 Å². The highest BCUT2D eigenvalue weighted by atomic mass is 15.1. The zero-order valence-corrected chi connectivity index (χ0v) is 12.6. The van der Waals surface area contributed by atoms with Gasteiger partial charge in [0.2, 0.25) is 0 Å². The van der Waals surface area contributed by atoms with Gasteiger partial charge >= 0.3 is 0 Å². The molecular formula is C18H26N2. The smallest absolute Gasteiger partial charge is 0.0396 e. The molecule has 2 fully saturated rings. The quantitative estimate of drug-likeness (QED) is 0.882. The van der Waals surface area contributed by atoms with Gasteiger partial charge in [-0.25, -0.2) is 0 Å². The predicted octanol–water partition coefficient (Wildman–Crippen LogP) is 3.35. The van der Waals surface area contributed by atoms with E-state index in [0.717, 1.165) is 24.4 Å². The van der Waals surface area contributed by atoms with Gasteiger partial charge in [-0.1, -0.05) is 12.1 Å². The fourth-order valence-corrected chi connectivity index (χ4v) is 3.81. The molecule has 20 heavy (non-hydrogen) atoms. The lowest BCUT2D eigenvalue weighted by Crippen LogP contribution is -2.32. The Kier molecular flexibility index (Phi) is 3.22. The fraction of sp³-hybridized carbons (Fsp3) is 0.667. The molecule has 0 saturated heterocycles. The van der Waals surface area contributed by atoms with E-state index < -0.39 is 0 Å². The standard InChI is InChI=1S/C18H26N2/c1-20-10-2-3-16-11-13(4-9-17(16)20)12-19-18(14-5-6-14)15-7-8-15/h4,9,11,14-15,18-19H,2-3,5-8,10,12H2,1H3. The molecule has 0 bridgehead atoms. The summed E-state index contributed by atoms with van der Waals surface area (Å²) in [6, 6.07) is 7.91. The predicted molar refractivity (Wildman–Crippen MR) is 84.1 cm³/mol. The number of rotatable bonds is 5. The van der Waals surface area contributed by atoms with Crippen LogP contribution in [0.2, 0.25) is 0 Å². The van der Waals surface area contributed by atoms with Crippen molar-refractivity contribution in [3.63, 3.8) is 0 Å². The third-order valence-corrected chi connectivity index (χ3v) is 5.30. The Balaban J connectivity index is 1.43. The van der Waals surface area contributed by atoms with Crippen LogP contribution in [-0.4, -0.2) is 19.6 Å². The molecule has 0 aromatic heterocycles. The number of nitrogens with one attached hydrogen (secondary N) is 1. The summed E-state index contributed by atoms with van der Waals surface area (Å²) in [5.41, 5.74) is 4.47. The summed E-state index contributed by atoms with van der Waals surface area (Å²) in [7, 11) is 2.21. The molecular weight excluding hydrogens is 244 g/mol. The maximum Gasteiger partial charge on any atom is 0.0396 e. The summed E-state index contributed by atoms with van der Waals surface area (Å²) >= 11 is 0. The molecule has 3 aliphatic rings. The van der Waals surface area contributed by atoms with Crippen molar-refractivity contribution in [3.8, 4) is 0 Å². The van der Waals surface area contributed by atoms with E-state index in [1.54, 1.807) is 5.56 Å². The Morgan fingerprint density at radius 1 is 1.20 bits per heavy atom. The van der Waals surface area contributed by atoms with Crippen molar-refractivity contribution in [2.75, 3.05) is 18.5 Å². The highest BCUT2D eigenvalue weighted by molar-refractivity contribution is 5.56. The molecule has 4 rings (SSSR count). The maximum absolute atomic E-state index is 3.86. The first kappa shape index (κ1) is 12.7. The minimum Gasteiger partial charge on any atom is -0.374 e. The highest BCUT2D eigenvalue weighted by Crippen LogP contribution is 2.44. The molecule has 0 radical (unpaired) electrons. The topological polar surface area (TPSA) is 15.3 Å². The van der Waals surface area contributed by atoms with Gasteiger partial charge in [0.25, 0.3) is 0 Å². The Morgan fingerprint density at radius 3 is 2.65 bits per heavy atom. The van der Waals surface area contributed by atoms with E-state index in [9.17, 15) is 0 Å². The van der Waals surface area contributed by atoms with Crippen LogP contribution < -0.4 is 10.2 Å². The van der Waals surface area contributed by atoms with Gasteiger partial charge in [0.15, 0.2) is 0 Å². The van der Waals surface area contributed by atoms with Crippen LogP contribution in [0.3, 0.4) is 0 Å². The van der Waals surface area contributed by atoms with Gasteiger partial charge in [-0.3, -0.25) is 0 Å². The average molecular weight is 270 g/mol. The first-order valence-electron chi connectivity index (χ1n) is 8.37. The molecule has 1 N–H and O–H groups in total. The minimum atomic E-state index is 0.814. The van der Waals surface area contributed by atoms with E-state index in [2.05, 4.69) is 35.5 Å². The van der Waals surface area contributed by atoms with Gasteiger partial charge in [-0.05, 0) is 67.6 Å². The maximum atomic E-state index is 3.86. The van der Waals surface area contributed by atoms with Crippen molar-refractivity contribution >= 4 is 5.69 Å². The van der Waals surface area contributed by atoms with E-state index in [4.69, 9.17) is 0 Å². The second-order valence-electron chi connectivity index (χ2n) is 7.07. The molecule has 0 unspecified atom stereocenters. The summed E-state index contributed by atoms with van der Waals surface area (Å²) in [4.78, 5) is 2.40. The van der Waals surface area contributed by atoms with Crippen molar-refractivity contribution in [1.82, 2.24) is 5.32 Å². The van der Waals surface area contributed by atoms with E-state index in [-0.39, 0.29) is 0 Å². The first-order chi connectivity index (χ1) is 9.81. The molecule has 1 aliphatic heterocycles. The van der Waals surface area contributed by atoms with Crippen molar-refractivity contribution < 1.29 is 0 Å². The zero-order valence-electron chi connectivity index (χ0n) is 12.6. The third kappa shape index (κ3) is 2.58. The van der Waals surface area contributed by atoms with Gasteiger partial charge in [-0.2, -0.15) is 0 Å².